The second-order valence-corrected chi connectivity index (χ2v) is 10.1. The maximum atomic E-state index is 13.8. The number of nitrogens with one attached hydrogen (secondary N) is 4. The van der Waals surface area contributed by atoms with Crippen molar-refractivity contribution < 1.29 is 14.3 Å². The second kappa shape index (κ2) is 12.3. The van der Waals surface area contributed by atoms with Crippen LogP contribution in [0, 0.1) is 12.3 Å². The van der Waals surface area contributed by atoms with Crippen LogP contribution in [0.2, 0.25) is 0 Å². The van der Waals surface area contributed by atoms with Crippen LogP contribution in [-0.2, 0) is 26.4 Å². The smallest absolute Gasteiger partial charge is 0.305 e. The van der Waals surface area contributed by atoms with E-state index in [0.717, 1.165) is 59.6 Å². The van der Waals surface area contributed by atoms with Gasteiger partial charge in [-0.1, -0.05) is 6.07 Å². The summed E-state index contributed by atoms with van der Waals surface area (Å²) >= 11 is 0. The number of esters is 1. The van der Waals surface area contributed by atoms with Crippen molar-refractivity contribution in [1.29, 1.82) is 5.41 Å². The number of hydrogen-bond donors (Lipinski definition) is 5. The number of aryl methyl sites for hydroxylation is 1. The first-order valence-corrected chi connectivity index (χ1v) is 13.6. The quantitative estimate of drug-likeness (QED) is 0.103. The molecule has 0 spiro atoms. The molecule has 10 heteroatoms. The number of nitrogens with two attached hydrogens (primary N) is 1. The maximum absolute atomic E-state index is 13.8. The van der Waals surface area contributed by atoms with Gasteiger partial charge in [0.25, 0.3) is 0 Å². The number of anilines is 1. The zero-order valence-electron chi connectivity index (χ0n) is 23.0. The van der Waals surface area contributed by atoms with E-state index >= 15 is 0 Å². The molecule has 10 nitrogen and oxygen atoms in total. The minimum absolute atomic E-state index is 0.0359. The standard InChI is InChI=1S/C29H39N7O3/c1-4-39-25(37)8-7-15-33-29(3,28(38)36-16-5-6-17-36)22-13-14-23-26(19(22)2)35-24(34-23)18-32-21-11-9-20(10-12-21)27(30)31/h9-14,32-33H,4-8,15-18H2,1-3H3,(H3,30,31)(H,34,35). The van der Waals surface area contributed by atoms with Gasteiger partial charge in [0.15, 0.2) is 0 Å². The van der Waals surface area contributed by atoms with Gasteiger partial charge in [-0.2, -0.15) is 0 Å². The van der Waals surface area contributed by atoms with E-state index in [-0.39, 0.29) is 17.7 Å². The number of rotatable bonds is 12. The monoisotopic (exact) mass is 533 g/mol. The highest BCUT2D eigenvalue weighted by molar-refractivity contribution is 5.95. The number of carbonyl (C=O) groups excluding carboxylic acids is 2. The third-order valence-electron chi connectivity index (χ3n) is 7.31. The molecule has 2 heterocycles. The van der Waals surface area contributed by atoms with Gasteiger partial charge in [0.1, 0.15) is 17.2 Å². The lowest BCUT2D eigenvalue weighted by atomic mass is 9.86. The molecule has 208 valence electrons. The van der Waals surface area contributed by atoms with E-state index in [4.69, 9.17) is 20.9 Å². The fraction of sp³-hybridized carbons (Fsp3) is 0.448. The van der Waals surface area contributed by atoms with Gasteiger partial charge >= 0.3 is 5.97 Å². The Bertz CT molecular complexity index is 1330. The minimum Gasteiger partial charge on any atom is -0.466 e. The summed E-state index contributed by atoms with van der Waals surface area (Å²) in [6.45, 7) is 8.60. The number of aromatic amines is 1. The van der Waals surface area contributed by atoms with Gasteiger partial charge in [-0.3, -0.25) is 20.3 Å². The largest absolute Gasteiger partial charge is 0.466 e. The maximum Gasteiger partial charge on any atom is 0.305 e. The van der Waals surface area contributed by atoms with Crippen molar-refractivity contribution >= 4 is 34.4 Å². The number of nitrogen functional groups attached to an aromatic ring is 1. The Morgan fingerprint density at radius 3 is 2.56 bits per heavy atom. The lowest BCUT2D eigenvalue weighted by Crippen LogP contribution is -2.53. The molecule has 1 amide bonds. The van der Waals surface area contributed by atoms with E-state index in [1.807, 2.05) is 43.0 Å². The molecule has 0 aliphatic carbocycles. The van der Waals surface area contributed by atoms with Crippen LogP contribution in [0.25, 0.3) is 11.0 Å². The van der Waals surface area contributed by atoms with Crippen LogP contribution in [0.1, 0.15) is 62.0 Å². The number of benzene rings is 2. The van der Waals surface area contributed by atoms with Gasteiger partial charge in [0.2, 0.25) is 5.91 Å². The van der Waals surface area contributed by atoms with Crippen molar-refractivity contribution in [2.24, 2.45) is 5.73 Å². The molecule has 6 N–H and O–H groups in total. The van der Waals surface area contributed by atoms with E-state index in [0.29, 0.717) is 38.1 Å². The van der Waals surface area contributed by atoms with Crippen LogP contribution in [0.5, 0.6) is 0 Å². The van der Waals surface area contributed by atoms with Crippen LogP contribution >= 0.6 is 0 Å². The predicted molar refractivity (Wildman–Crippen MR) is 153 cm³/mol. The molecule has 1 fully saturated rings. The molecule has 39 heavy (non-hydrogen) atoms. The van der Waals surface area contributed by atoms with E-state index in [1.54, 1.807) is 19.1 Å². The van der Waals surface area contributed by atoms with Crippen molar-refractivity contribution in [3.63, 3.8) is 0 Å². The number of nitrogens with zero attached hydrogens (tertiary/aromatic N) is 2. The Labute approximate surface area is 229 Å². The first-order valence-electron chi connectivity index (χ1n) is 13.6. The van der Waals surface area contributed by atoms with E-state index in [2.05, 4.69) is 15.6 Å². The Kier molecular flexibility index (Phi) is 8.86. The summed E-state index contributed by atoms with van der Waals surface area (Å²) in [7, 11) is 0. The SMILES string of the molecule is CCOC(=O)CCCNC(C)(C(=O)N1CCCC1)c1ccc2[nH]c(CNc3ccc(C(=N)N)cc3)nc2c1C. The average Bonchev–Trinajstić information content (AvgIpc) is 3.61. The molecule has 2 aromatic carbocycles. The number of carbonyl (C=O) groups is 2. The van der Waals surface area contributed by atoms with Gasteiger partial charge in [-0.25, -0.2) is 4.98 Å². The molecular weight excluding hydrogens is 494 g/mol. The Hall–Kier alpha value is -3.92. The van der Waals surface area contributed by atoms with Crippen molar-refractivity contribution in [3.8, 4) is 0 Å². The number of ether oxygens (including phenoxy) is 1. The molecule has 0 radical (unpaired) electrons. The third kappa shape index (κ3) is 6.39. The number of hydrogen-bond acceptors (Lipinski definition) is 7. The highest BCUT2D eigenvalue weighted by Gasteiger charge is 2.40. The zero-order valence-corrected chi connectivity index (χ0v) is 23.0. The van der Waals surface area contributed by atoms with Crippen molar-refractivity contribution in [1.82, 2.24) is 20.2 Å². The summed E-state index contributed by atoms with van der Waals surface area (Å²) < 4.78 is 5.05. The number of H-pyrrole nitrogens is 1. The number of fused-ring (bicyclic) bond motifs is 1. The van der Waals surface area contributed by atoms with Gasteiger partial charge in [-0.05, 0) is 88.0 Å². The second-order valence-electron chi connectivity index (χ2n) is 10.1. The number of imidazole rings is 1. The van der Waals surface area contributed by atoms with Gasteiger partial charge in [0.05, 0.1) is 24.2 Å². The molecule has 1 aliphatic heterocycles. The van der Waals surface area contributed by atoms with Crippen molar-refractivity contribution in [3.05, 3.63) is 58.9 Å². The molecule has 3 aromatic rings. The van der Waals surface area contributed by atoms with Gasteiger partial charge < -0.3 is 25.7 Å². The molecule has 1 aliphatic rings. The van der Waals surface area contributed by atoms with Crippen LogP contribution < -0.4 is 16.4 Å². The first kappa shape index (κ1) is 28.1. The fourth-order valence-electron chi connectivity index (χ4n) is 5.17. The molecule has 4 rings (SSSR count). The minimum atomic E-state index is -0.951. The topological polar surface area (TPSA) is 149 Å². The summed E-state index contributed by atoms with van der Waals surface area (Å²) in [6, 6.07) is 11.3. The van der Waals surface area contributed by atoms with Crippen molar-refractivity contribution in [2.75, 3.05) is 31.6 Å². The number of amides is 1. The summed E-state index contributed by atoms with van der Waals surface area (Å²) in [4.78, 5) is 35.8. The molecule has 1 saturated heterocycles. The molecule has 1 atom stereocenters. The van der Waals surface area contributed by atoms with E-state index in [9.17, 15) is 9.59 Å². The lowest BCUT2D eigenvalue weighted by molar-refractivity contribution is -0.143. The third-order valence-corrected chi connectivity index (χ3v) is 7.31. The summed E-state index contributed by atoms with van der Waals surface area (Å²) in [5.74, 6) is 0.631. The number of aromatic nitrogens is 2. The molecule has 0 bridgehead atoms. The average molecular weight is 534 g/mol. The summed E-state index contributed by atoms with van der Waals surface area (Å²) in [5.41, 5.74) is 9.71. The molecule has 0 saturated carbocycles. The number of amidine groups is 1. The predicted octanol–water partition coefficient (Wildman–Crippen LogP) is 3.54. The fourth-order valence-corrected chi connectivity index (χ4v) is 5.17. The van der Waals surface area contributed by atoms with E-state index < -0.39 is 5.54 Å². The van der Waals surface area contributed by atoms with E-state index in [1.165, 1.54) is 0 Å². The first-order chi connectivity index (χ1) is 18.7. The van der Waals surface area contributed by atoms with Crippen LogP contribution in [0.15, 0.2) is 36.4 Å². The highest BCUT2D eigenvalue weighted by atomic mass is 16.5. The van der Waals surface area contributed by atoms with Gasteiger partial charge in [0, 0.05) is 30.8 Å². The summed E-state index contributed by atoms with van der Waals surface area (Å²) in [6.07, 6.45) is 2.90. The Balaban J connectivity index is 1.55. The number of likely N-dealkylation sites (tertiary alicyclic amines) is 1. The molecular formula is C29H39N7O3. The summed E-state index contributed by atoms with van der Waals surface area (Å²) in [5, 5.41) is 14.4. The normalized spacial score (nSPS) is 14.8. The van der Waals surface area contributed by atoms with Crippen molar-refractivity contribution in [2.45, 2.75) is 58.5 Å². The Morgan fingerprint density at radius 1 is 1.18 bits per heavy atom. The Morgan fingerprint density at radius 2 is 1.90 bits per heavy atom. The lowest BCUT2D eigenvalue weighted by Gasteiger charge is -2.35. The van der Waals surface area contributed by atoms with Gasteiger partial charge in [-0.15, -0.1) is 0 Å². The molecule has 1 unspecified atom stereocenters. The highest BCUT2D eigenvalue weighted by Crippen LogP contribution is 2.32. The van der Waals surface area contributed by atoms with Crippen LogP contribution in [-0.4, -0.2) is 58.8 Å². The zero-order chi connectivity index (χ0) is 28.0. The molecule has 1 aromatic heterocycles. The van der Waals surface area contributed by atoms with Crippen LogP contribution in [0.3, 0.4) is 0 Å². The van der Waals surface area contributed by atoms with Crippen LogP contribution in [0.4, 0.5) is 5.69 Å².